The Labute approximate surface area is 122 Å². The molecule has 1 aromatic heterocycles. The summed E-state index contributed by atoms with van der Waals surface area (Å²) in [6, 6.07) is 3.43. The first-order valence-corrected chi connectivity index (χ1v) is 6.29. The van der Waals surface area contributed by atoms with Crippen LogP contribution in [0.4, 0.5) is 23.7 Å². The number of nitrogens with zero attached hydrogens (tertiary/aromatic N) is 1. The van der Waals surface area contributed by atoms with Gasteiger partial charge in [-0.1, -0.05) is 0 Å². The van der Waals surface area contributed by atoms with Gasteiger partial charge in [-0.2, -0.15) is 17.7 Å². The molecule has 0 aliphatic carbocycles. The molecule has 0 bridgehead atoms. The second-order valence-corrected chi connectivity index (χ2v) is 5.60. The summed E-state index contributed by atoms with van der Waals surface area (Å²) in [6.07, 6.45) is -5.50. The van der Waals surface area contributed by atoms with E-state index in [0.717, 1.165) is 16.7 Å². The van der Waals surface area contributed by atoms with Crippen molar-refractivity contribution in [3.63, 3.8) is 0 Å². The molecule has 0 fully saturated rings. The fraction of sp³-hybridized carbons (Fsp3) is 0.385. The van der Waals surface area contributed by atoms with E-state index in [9.17, 15) is 22.8 Å². The van der Waals surface area contributed by atoms with Gasteiger partial charge in [-0.15, -0.1) is 0 Å². The lowest BCUT2D eigenvalue weighted by molar-refractivity contribution is -0.0999. The van der Waals surface area contributed by atoms with Crippen LogP contribution >= 0.6 is 0 Å². The Balaban J connectivity index is 2.44. The van der Waals surface area contributed by atoms with Crippen molar-refractivity contribution in [1.82, 2.24) is 9.55 Å². The van der Waals surface area contributed by atoms with Crippen molar-refractivity contribution in [3.05, 3.63) is 28.7 Å². The molecule has 0 aliphatic rings. The molecular weight excluding hydrogens is 303 g/mol. The maximum Gasteiger partial charge on any atom is 0.482 e. The number of aromatic nitrogens is 2. The smallest absolute Gasteiger partial charge is 0.443 e. The molecule has 0 unspecified atom stereocenters. The normalized spacial score (nSPS) is 12.5. The van der Waals surface area contributed by atoms with Crippen LogP contribution in [0.25, 0.3) is 11.0 Å². The van der Waals surface area contributed by atoms with Crippen molar-refractivity contribution >= 4 is 22.8 Å². The number of fused-ring (bicyclic) bond motifs is 1. The molecule has 120 valence electrons. The zero-order valence-corrected chi connectivity index (χ0v) is 12.0. The molecule has 1 aromatic carbocycles. The van der Waals surface area contributed by atoms with Gasteiger partial charge in [0.25, 0.3) is 0 Å². The highest BCUT2D eigenvalue weighted by Crippen LogP contribution is 2.23. The number of alkyl halides is 3. The summed E-state index contributed by atoms with van der Waals surface area (Å²) in [7, 11) is 0. The fourth-order valence-corrected chi connectivity index (χ4v) is 1.84. The number of hydrogen-bond donors (Lipinski definition) is 2. The van der Waals surface area contributed by atoms with Gasteiger partial charge in [0.05, 0.1) is 11.0 Å². The summed E-state index contributed by atoms with van der Waals surface area (Å²) in [5.74, 6) is 0. The van der Waals surface area contributed by atoms with E-state index in [2.05, 4.69) is 4.98 Å². The molecule has 2 aromatic rings. The number of H-pyrrole nitrogens is 1. The molecule has 0 saturated heterocycles. The average molecular weight is 317 g/mol. The largest absolute Gasteiger partial charge is 0.482 e. The number of aromatic amines is 1. The summed E-state index contributed by atoms with van der Waals surface area (Å²) < 4.78 is 42.7. The van der Waals surface area contributed by atoms with E-state index in [1.165, 1.54) is 11.4 Å². The number of anilines is 1. The van der Waals surface area contributed by atoms with Crippen LogP contribution in [0.15, 0.2) is 23.0 Å². The third-order valence-corrected chi connectivity index (χ3v) is 2.54. The highest BCUT2D eigenvalue weighted by atomic mass is 19.4. The topological polar surface area (TPSA) is 76.1 Å². The standard InChI is InChI=1S/C13H14F3N3O3/c1-12(2,3)22-11(21)19-9-5-4-7(18-13(14,15)16)6-8(9)17-10(19)20/h4-6,18H,1-3H3,(H,17,20). The highest BCUT2D eigenvalue weighted by molar-refractivity contribution is 5.88. The zero-order chi connectivity index (χ0) is 16.7. The maximum absolute atomic E-state index is 12.3. The number of carbonyl (C=O) groups is 1. The monoisotopic (exact) mass is 317 g/mol. The Kier molecular flexibility index (Phi) is 3.68. The lowest BCUT2D eigenvalue weighted by Gasteiger charge is -2.19. The minimum absolute atomic E-state index is 0.0881. The molecule has 9 heteroatoms. The number of rotatable bonds is 1. The number of nitrogens with one attached hydrogen (secondary N) is 2. The number of benzene rings is 1. The van der Waals surface area contributed by atoms with E-state index in [0.29, 0.717) is 0 Å². The van der Waals surface area contributed by atoms with E-state index in [1.807, 2.05) is 0 Å². The van der Waals surface area contributed by atoms with E-state index < -0.39 is 23.7 Å². The zero-order valence-electron chi connectivity index (χ0n) is 12.0. The van der Waals surface area contributed by atoms with Gasteiger partial charge in [0.1, 0.15) is 5.60 Å². The Morgan fingerprint density at radius 2 is 1.91 bits per heavy atom. The van der Waals surface area contributed by atoms with Gasteiger partial charge in [0, 0.05) is 5.69 Å². The molecule has 0 atom stereocenters. The Hall–Kier alpha value is -2.45. The Morgan fingerprint density at radius 1 is 1.27 bits per heavy atom. The number of imidazole rings is 1. The SMILES string of the molecule is CC(C)(C)OC(=O)n1c(=O)[nH]c2cc(NC(F)(F)F)ccc21. The van der Waals surface area contributed by atoms with Crippen LogP contribution < -0.4 is 11.0 Å². The quantitative estimate of drug-likeness (QED) is 0.793. The van der Waals surface area contributed by atoms with Crippen LogP contribution in [0, 0.1) is 0 Å². The summed E-state index contributed by atoms with van der Waals surface area (Å²) >= 11 is 0. The van der Waals surface area contributed by atoms with Crippen LogP contribution in [0.1, 0.15) is 20.8 Å². The minimum atomic E-state index is -4.60. The molecule has 0 saturated carbocycles. The predicted molar refractivity (Wildman–Crippen MR) is 73.9 cm³/mol. The summed E-state index contributed by atoms with van der Waals surface area (Å²) in [5.41, 5.74) is -1.62. The van der Waals surface area contributed by atoms with Gasteiger partial charge in [0.2, 0.25) is 0 Å². The maximum atomic E-state index is 12.3. The first-order valence-electron chi connectivity index (χ1n) is 6.29. The van der Waals surface area contributed by atoms with E-state index in [-0.39, 0.29) is 16.7 Å². The summed E-state index contributed by atoms with van der Waals surface area (Å²) in [5, 5.41) is 1.32. The Bertz CT molecular complexity index is 769. The van der Waals surface area contributed by atoms with E-state index >= 15 is 0 Å². The van der Waals surface area contributed by atoms with Crippen LogP contribution in [-0.2, 0) is 4.74 Å². The summed E-state index contributed by atoms with van der Waals surface area (Å²) in [4.78, 5) is 26.1. The number of hydrogen-bond acceptors (Lipinski definition) is 4. The van der Waals surface area contributed by atoms with Crippen LogP contribution in [0.3, 0.4) is 0 Å². The van der Waals surface area contributed by atoms with Crippen molar-refractivity contribution in [3.8, 4) is 0 Å². The third kappa shape index (κ3) is 3.60. The minimum Gasteiger partial charge on any atom is -0.443 e. The van der Waals surface area contributed by atoms with Crippen LogP contribution in [0.5, 0.6) is 0 Å². The first-order chi connectivity index (χ1) is 9.96. The lowest BCUT2D eigenvalue weighted by Crippen LogP contribution is -2.32. The van der Waals surface area contributed by atoms with Crippen LogP contribution in [-0.4, -0.2) is 27.5 Å². The van der Waals surface area contributed by atoms with Gasteiger partial charge in [-0.05, 0) is 39.0 Å². The molecule has 22 heavy (non-hydrogen) atoms. The van der Waals surface area contributed by atoms with E-state index in [1.54, 1.807) is 20.8 Å². The molecule has 1 heterocycles. The molecule has 0 amide bonds. The highest BCUT2D eigenvalue weighted by Gasteiger charge is 2.27. The fourth-order valence-electron chi connectivity index (χ4n) is 1.84. The molecular formula is C13H14F3N3O3. The molecule has 2 N–H and O–H groups in total. The van der Waals surface area contributed by atoms with Gasteiger partial charge >= 0.3 is 18.1 Å². The molecule has 0 radical (unpaired) electrons. The van der Waals surface area contributed by atoms with Gasteiger partial charge < -0.3 is 9.72 Å². The third-order valence-electron chi connectivity index (χ3n) is 2.54. The van der Waals surface area contributed by atoms with Gasteiger partial charge in [-0.3, -0.25) is 5.32 Å². The lowest BCUT2D eigenvalue weighted by atomic mass is 10.2. The molecule has 6 nitrogen and oxygen atoms in total. The van der Waals surface area contributed by atoms with Crippen molar-refractivity contribution in [1.29, 1.82) is 0 Å². The Morgan fingerprint density at radius 3 is 2.45 bits per heavy atom. The predicted octanol–water partition coefficient (Wildman–Crippen LogP) is 3.04. The van der Waals surface area contributed by atoms with Crippen molar-refractivity contribution in [2.45, 2.75) is 32.7 Å². The summed E-state index contributed by atoms with van der Waals surface area (Å²) in [6.45, 7) is 4.91. The molecule has 2 rings (SSSR count). The second-order valence-electron chi connectivity index (χ2n) is 5.60. The molecule has 0 aliphatic heterocycles. The average Bonchev–Trinajstić information content (AvgIpc) is 2.59. The van der Waals surface area contributed by atoms with Gasteiger partial charge in [0.15, 0.2) is 0 Å². The number of carbonyl (C=O) groups excluding carboxylic acids is 1. The number of halogens is 3. The van der Waals surface area contributed by atoms with Crippen molar-refractivity contribution in [2.75, 3.05) is 5.32 Å². The van der Waals surface area contributed by atoms with Crippen molar-refractivity contribution < 1.29 is 22.7 Å². The van der Waals surface area contributed by atoms with E-state index in [4.69, 9.17) is 4.74 Å². The van der Waals surface area contributed by atoms with Crippen LogP contribution in [0.2, 0.25) is 0 Å². The number of ether oxygens (including phenoxy) is 1. The van der Waals surface area contributed by atoms with Gasteiger partial charge in [-0.25, -0.2) is 9.59 Å². The first kappa shape index (κ1) is 15.9. The molecule has 0 spiro atoms. The second kappa shape index (κ2) is 5.08. The van der Waals surface area contributed by atoms with Crippen molar-refractivity contribution in [2.24, 2.45) is 0 Å².